The molecular weight excluding hydrogens is 344 g/mol. The highest BCUT2D eigenvalue weighted by atomic mass is 19.2. The molecule has 0 aromatic heterocycles. The van der Waals surface area contributed by atoms with Crippen molar-refractivity contribution >= 4 is 28.9 Å². The number of nitrogens with one attached hydrogen (secondary N) is 3. The first-order valence-corrected chi connectivity index (χ1v) is 7.78. The van der Waals surface area contributed by atoms with E-state index in [1.807, 2.05) is 0 Å². The van der Waals surface area contributed by atoms with Gasteiger partial charge in [0.25, 0.3) is 0 Å². The van der Waals surface area contributed by atoms with Crippen LogP contribution in [0.4, 0.5) is 25.8 Å². The Morgan fingerprint density at radius 2 is 1.69 bits per heavy atom. The van der Waals surface area contributed by atoms with E-state index in [9.17, 15) is 18.4 Å². The lowest BCUT2D eigenvalue weighted by atomic mass is 10.2. The molecule has 0 heterocycles. The molecule has 0 radical (unpaired) electrons. The average molecular weight is 363 g/mol. The highest BCUT2D eigenvalue weighted by Crippen LogP contribution is 2.28. The first kappa shape index (κ1) is 19.2. The molecule has 0 bridgehead atoms. The number of rotatable bonds is 6. The summed E-state index contributed by atoms with van der Waals surface area (Å²) in [5, 5.41) is 8.07. The standard InChI is InChI=1S/C18H19F2N3O3/c1-10(21-12-4-6-14(19)15(20)8-12)18(25)23-16-9-13(22-11(2)24)5-7-17(16)26-3/h4-10,21H,1-3H3,(H,22,24)(H,23,25). The van der Waals surface area contributed by atoms with E-state index >= 15 is 0 Å². The van der Waals surface area contributed by atoms with Crippen molar-refractivity contribution in [3.8, 4) is 5.75 Å². The molecule has 6 nitrogen and oxygen atoms in total. The maximum atomic E-state index is 13.3. The molecule has 3 N–H and O–H groups in total. The van der Waals surface area contributed by atoms with Crippen LogP contribution in [0.3, 0.4) is 0 Å². The molecular formula is C18H19F2N3O3. The first-order chi connectivity index (χ1) is 12.3. The number of carbonyl (C=O) groups is 2. The van der Waals surface area contributed by atoms with Crippen LogP contribution in [0.2, 0.25) is 0 Å². The summed E-state index contributed by atoms with van der Waals surface area (Å²) in [5.74, 6) is -2.24. The summed E-state index contributed by atoms with van der Waals surface area (Å²) in [6.07, 6.45) is 0. The topological polar surface area (TPSA) is 79.5 Å². The summed E-state index contributed by atoms with van der Waals surface area (Å²) in [6, 6.07) is 7.34. The lowest BCUT2D eigenvalue weighted by Gasteiger charge is -2.17. The van der Waals surface area contributed by atoms with E-state index in [1.54, 1.807) is 25.1 Å². The molecule has 138 valence electrons. The molecule has 2 amide bonds. The summed E-state index contributed by atoms with van der Waals surface area (Å²) >= 11 is 0. The summed E-state index contributed by atoms with van der Waals surface area (Å²) < 4.78 is 31.4. The molecule has 2 aromatic rings. The van der Waals surface area contributed by atoms with Crippen LogP contribution in [-0.4, -0.2) is 25.0 Å². The summed E-state index contributed by atoms with van der Waals surface area (Å²) in [7, 11) is 1.45. The minimum atomic E-state index is -1.01. The van der Waals surface area contributed by atoms with Gasteiger partial charge in [-0.1, -0.05) is 0 Å². The van der Waals surface area contributed by atoms with Crippen molar-refractivity contribution in [2.45, 2.75) is 19.9 Å². The molecule has 1 unspecified atom stereocenters. The number of halogens is 2. The van der Waals surface area contributed by atoms with Crippen LogP contribution in [0, 0.1) is 11.6 Å². The van der Waals surface area contributed by atoms with E-state index in [2.05, 4.69) is 16.0 Å². The molecule has 0 fully saturated rings. The zero-order valence-corrected chi connectivity index (χ0v) is 14.5. The number of anilines is 3. The normalized spacial score (nSPS) is 11.4. The number of benzene rings is 2. The van der Waals surface area contributed by atoms with E-state index in [0.29, 0.717) is 17.1 Å². The van der Waals surface area contributed by atoms with Gasteiger partial charge in [0.2, 0.25) is 11.8 Å². The van der Waals surface area contributed by atoms with Crippen molar-refractivity contribution in [3.05, 3.63) is 48.0 Å². The molecule has 0 spiro atoms. The Bertz CT molecular complexity index is 827. The van der Waals surface area contributed by atoms with Crippen LogP contribution < -0.4 is 20.7 Å². The van der Waals surface area contributed by atoms with Crippen molar-refractivity contribution in [1.29, 1.82) is 0 Å². The largest absolute Gasteiger partial charge is 0.495 e. The fraction of sp³-hybridized carbons (Fsp3) is 0.222. The van der Waals surface area contributed by atoms with Crippen LogP contribution in [0.1, 0.15) is 13.8 Å². The first-order valence-electron chi connectivity index (χ1n) is 7.78. The van der Waals surface area contributed by atoms with Gasteiger partial charge < -0.3 is 20.7 Å². The number of amides is 2. The van der Waals surface area contributed by atoms with Gasteiger partial charge >= 0.3 is 0 Å². The quantitative estimate of drug-likeness (QED) is 0.735. The minimum Gasteiger partial charge on any atom is -0.495 e. The van der Waals surface area contributed by atoms with Gasteiger partial charge in [-0.25, -0.2) is 8.78 Å². The van der Waals surface area contributed by atoms with Gasteiger partial charge in [-0.2, -0.15) is 0 Å². The summed E-state index contributed by atoms with van der Waals surface area (Å²) in [4.78, 5) is 23.6. The number of hydrogen-bond donors (Lipinski definition) is 3. The van der Waals surface area contributed by atoms with Gasteiger partial charge in [0.05, 0.1) is 12.8 Å². The Hall–Kier alpha value is -3.16. The van der Waals surface area contributed by atoms with Crippen molar-refractivity contribution in [2.75, 3.05) is 23.1 Å². The van der Waals surface area contributed by atoms with E-state index in [1.165, 1.54) is 20.1 Å². The molecule has 8 heteroatoms. The molecule has 0 aliphatic carbocycles. The second-order valence-electron chi connectivity index (χ2n) is 5.58. The lowest BCUT2D eigenvalue weighted by Crippen LogP contribution is -2.32. The summed E-state index contributed by atoms with van der Waals surface area (Å²) in [6.45, 7) is 2.94. The fourth-order valence-corrected chi connectivity index (χ4v) is 2.23. The monoisotopic (exact) mass is 363 g/mol. The van der Waals surface area contributed by atoms with Crippen LogP contribution >= 0.6 is 0 Å². The fourth-order valence-electron chi connectivity index (χ4n) is 2.23. The van der Waals surface area contributed by atoms with Crippen molar-refractivity contribution in [1.82, 2.24) is 0 Å². The van der Waals surface area contributed by atoms with Crippen LogP contribution in [0.5, 0.6) is 5.75 Å². The molecule has 26 heavy (non-hydrogen) atoms. The zero-order chi connectivity index (χ0) is 19.3. The van der Waals surface area contributed by atoms with Gasteiger partial charge in [-0.3, -0.25) is 9.59 Å². The number of carbonyl (C=O) groups excluding carboxylic acids is 2. The third-order valence-electron chi connectivity index (χ3n) is 3.47. The molecule has 2 rings (SSSR count). The predicted octanol–water partition coefficient (Wildman–Crippen LogP) is 3.37. The number of hydrogen-bond acceptors (Lipinski definition) is 4. The Kier molecular flexibility index (Phi) is 6.11. The van der Waals surface area contributed by atoms with Gasteiger partial charge in [0.1, 0.15) is 11.8 Å². The van der Waals surface area contributed by atoms with E-state index in [0.717, 1.165) is 12.1 Å². The second-order valence-corrected chi connectivity index (χ2v) is 5.58. The van der Waals surface area contributed by atoms with Gasteiger partial charge in [0.15, 0.2) is 11.6 Å². The highest BCUT2D eigenvalue weighted by Gasteiger charge is 2.16. The van der Waals surface area contributed by atoms with Gasteiger partial charge in [-0.05, 0) is 37.3 Å². The average Bonchev–Trinajstić information content (AvgIpc) is 2.58. The Labute approximate surface area is 149 Å². The minimum absolute atomic E-state index is 0.249. The molecule has 0 saturated heterocycles. The summed E-state index contributed by atoms with van der Waals surface area (Å²) in [5.41, 5.74) is 1.13. The van der Waals surface area contributed by atoms with Crippen molar-refractivity contribution in [2.24, 2.45) is 0 Å². The SMILES string of the molecule is COc1ccc(NC(C)=O)cc1NC(=O)C(C)Nc1ccc(F)c(F)c1. The van der Waals surface area contributed by atoms with Crippen molar-refractivity contribution in [3.63, 3.8) is 0 Å². The number of ether oxygens (including phenoxy) is 1. The molecule has 0 aliphatic heterocycles. The molecule has 1 atom stereocenters. The Morgan fingerprint density at radius 1 is 1.00 bits per heavy atom. The highest BCUT2D eigenvalue weighted by molar-refractivity contribution is 5.98. The van der Waals surface area contributed by atoms with Gasteiger partial charge in [-0.15, -0.1) is 0 Å². The third kappa shape index (κ3) is 4.92. The van der Waals surface area contributed by atoms with Crippen molar-refractivity contribution < 1.29 is 23.1 Å². The third-order valence-corrected chi connectivity index (χ3v) is 3.47. The number of methoxy groups -OCH3 is 1. The lowest BCUT2D eigenvalue weighted by molar-refractivity contribution is -0.116. The molecule has 0 saturated carbocycles. The van der Waals surface area contributed by atoms with Crippen LogP contribution in [-0.2, 0) is 9.59 Å². The Morgan fingerprint density at radius 3 is 2.31 bits per heavy atom. The molecule has 0 aliphatic rings. The van der Waals surface area contributed by atoms with Crippen LogP contribution in [0.15, 0.2) is 36.4 Å². The second kappa shape index (κ2) is 8.28. The maximum Gasteiger partial charge on any atom is 0.246 e. The van der Waals surface area contributed by atoms with Crippen LogP contribution in [0.25, 0.3) is 0 Å². The predicted molar refractivity (Wildman–Crippen MR) is 95.4 cm³/mol. The van der Waals surface area contributed by atoms with E-state index in [-0.39, 0.29) is 11.6 Å². The van der Waals surface area contributed by atoms with E-state index < -0.39 is 23.6 Å². The smallest absolute Gasteiger partial charge is 0.246 e. The Balaban J connectivity index is 2.11. The molecule has 2 aromatic carbocycles. The van der Waals surface area contributed by atoms with Gasteiger partial charge in [0, 0.05) is 24.4 Å². The zero-order valence-electron chi connectivity index (χ0n) is 14.5. The maximum absolute atomic E-state index is 13.3. The van der Waals surface area contributed by atoms with E-state index in [4.69, 9.17) is 4.74 Å².